The van der Waals surface area contributed by atoms with Crippen LogP contribution in [-0.4, -0.2) is 57.0 Å². The second-order valence-corrected chi connectivity index (χ2v) is 7.46. The van der Waals surface area contributed by atoms with Crippen molar-refractivity contribution in [1.82, 2.24) is 19.7 Å². The predicted octanol–water partition coefficient (Wildman–Crippen LogP) is 1.90. The van der Waals surface area contributed by atoms with Crippen LogP contribution < -0.4 is 4.74 Å². The number of aromatic nitrogens is 3. The number of rotatable bonds is 4. The lowest BCUT2D eigenvalue weighted by molar-refractivity contribution is -0.0675. The largest absolute Gasteiger partial charge is 0.489 e. The summed E-state index contributed by atoms with van der Waals surface area (Å²) < 4.78 is 13.8. The molecule has 2 aromatic heterocycles. The fourth-order valence-corrected chi connectivity index (χ4v) is 3.97. The number of hydrogen-bond donors (Lipinski definition) is 0. The molecule has 2 aliphatic heterocycles. The summed E-state index contributed by atoms with van der Waals surface area (Å²) in [5.74, 6) is 1.09. The third-order valence-corrected chi connectivity index (χ3v) is 5.19. The molecule has 1 amide bonds. The summed E-state index contributed by atoms with van der Waals surface area (Å²) in [6.45, 7) is 3.99. The second-order valence-electron chi connectivity index (χ2n) is 7.46. The molecule has 0 aromatic carbocycles. The summed E-state index contributed by atoms with van der Waals surface area (Å²) >= 11 is 0. The van der Waals surface area contributed by atoms with Crippen LogP contribution in [0.4, 0.5) is 0 Å². The average molecular weight is 356 g/mol. The van der Waals surface area contributed by atoms with Crippen LogP contribution in [0.25, 0.3) is 0 Å². The Balaban J connectivity index is 1.37. The SMILES string of the molecule is Cn1ccc(C(=O)N2CC[C@@H]3O[C@@](C)(COc4cccnc4)C[C@@H]3C2)n1. The van der Waals surface area contributed by atoms with Crippen LogP contribution in [0.2, 0.25) is 0 Å². The first-order valence-corrected chi connectivity index (χ1v) is 9.02. The van der Waals surface area contributed by atoms with Gasteiger partial charge in [-0.25, -0.2) is 0 Å². The predicted molar refractivity (Wildman–Crippen MR) is 94.8 cm³/mol. The van der Waals surface area contributed by atoms with E-state index in [4.69, 9.17) is 9.47 Å². The van der Waals surface area contributed by atoms with E-state index in [9.17, 15) is 4.79 Å². The Hall–Kier alpha value is -2.41. The summed E-state index contributed by atoms with van der Waals surface area (Å²) in [6.07, 6.45) is 7.15. The van der Waals surface area contributed by atoms with Gasteiger partial charge in [-0.2, -0.15) is 5.10 Å². The van der Waals surface area contributed by atoms with Gasteiger partial charge in [-0.1, -0.05) is 0 Å². The lowest BCUT2D eigenvalue weighted by Gasteiger charge is -2.33. The Morgan fingerprint density at radius 3 is 3.08 bits per heavy atom. The molecule has 4 heterocycles. The normalized spacial score (nSPS) is 28.0. The zero-order chi connectivity index (χ0) is 18.1. The highest BCUT2D eigenvalue weighted by Gasteiger charge is 2.47. The molecule has 3 atom stereocenters. The van der Waals surface area contributed by atoms with E-state index in [1.807, 2.05) is 24.1 Å². The number of nitrogens with zero attached hydrogens (tertiary/aromatic N) is 4. The van der Waals surface area contributed by atoms with E-state index < -0.39 is 0 Å². The van der Waals surface area contributed by atoms with Crippen molar-refractivity contribution in [3.63, 3.8) is 0 Å². The Bertz CT molecular complexity index is 778. The van der Waals surface area contributed by atoms with Crippen molar-refractivity contribution in [2.24, 2.45) is 13.0 Å². The molecule has 2 aromatic rings. The van der Waals surface area contributed by atoms with Crippen LogP contribution in [0.15, 0.2) is 36.8 Å². The summed E-state index contributed by atoms with van der Waals surface area (Å²) in [4.78, 5) is 18.6. The van der Waals surface area contributed by atoms with E-state index in [-0.39, 0.29) is 17.6 Å². The summed E-state index contributed by atoms with van der Waals surface area (Å²) in [7, 11) is 1.82. The maximum Gasteiger partial charge on any atom is 0.274 e. The molecule has 2 saturated heterocycles. The van der Waals surface area contributed by atoms with Crippen LogP contribution in [-0.2, 0) is 11.8 Å². The topological polar surface area (TPSA) is 69.5 Å². The van der Waals surface area contributed by atoms with Crippen LogP contribution >= 0.6 is 0 Å². The Labute approximate surface area is 152 Å². The number of pyridine rings is 1. The smallest absolute Gasteiger partial charge is 0.274 e. The van der Waals surface area contributed by atoms with E-state index in [2.05, 4.69) is 17.0 Å². The standard InChI is InChI=1S/C19H24N4O3/c1-19(13-25-15-4-3-7-20-11-15)10-14-12-23(9-6-17(14)26-19)18(24)16-5-8-22(2)21-16/h3-5,7-8,11,14,17H,6,9-10,12-13H2,1-2H3/t14-,17+,19-/m1/s1. The van der Waals surface area contributed by atoms with Crippen molar-refractivity contribution in [1.29, 1.82) is 0 Å². The van der Waals surface area contributed by atoms with Crippen LogP contribution in [0.1, 0.15) is 30.3 Å². The van der Waals surface area contributed by atoms with Crippen molar-refractivity contribution in [2.45, 2.75) is 31.5 Å². The average Bonchev–Trinajstić information content (AvgIpc) is 3.22. The quantitative estimate of drug-likeness (QED) is 0.837. The number of aryl methyl sites for hydroxylation is 1. The molecule has 0 N–H and O–H groups in total. The summed E-state index contributed by atoms with van der Waals surface area (Å²) in [6, 6.07) is 5.52. The highest BCUT2D eigenvalue weighted by atomic mass is 16.6. The summed E-state index contributed by atoms with van der Waals surface area (Å²) in [5.41, 5.74) is 0.169. The number of hydrogen-bond acceptors (Lipinski definition) is 5. The van der Waals surface area contributed by atoms with Gasteiger partial charge in [-0.15, -0.1) is 0 Å². The highest BCUT2D eigenvalue weighted by Crippen LogP contribution is 2.39. The number of carbonyl (C=O) groups is 1. The van der Waals surface area contributed by atoms with Crippen LogP contribution in [0.3, 0.4) is 0 Å². The Kier molecular flexibility index (Phi) is 4.40. The fraction of sp³-hybridized carbons (Fsp3) is 0.526. The van der Waals surface area contributed by atoms with Gasteiger partial charge in [0.1, 0.15) is 23.7 Å². The highest BCUT2D eigenvalue weighted by molar-refractivity contribution is 5.92. The van der Waals surface area contributed by atoms with E-state index in [1.165, 1.54) is 0 Å². The minimum atomic E-state index is -0.338. The number of fused-ring (bicyclic) bond motifs is 1. The van der Waals surface area contributed by atoms with Gasteiger partial charge in [0, 0.05) is 38.4 Å². The number of amides is 1. The maximum absolute atomic E-state index is 12.7. The van der Waals surface area contributed by atoms with E-state index in [1.54, 1.807) is 29.3 Å². The van der Waals surface area contributed by atoms with E-state index in [0.29, 0.717) is 31.3 Å². The number of likely N-dealkylation sites (tertiary alicyclic amines) is 1. The molecular weight excluding hydrogens is 332 g/mol. The molecule has 2 fully saturated rings. The van der Waals surface area contributed by atoms with Gasteiger partial charge in [-0.05, 0) is 38.0 Å². The van der Waals surface area contributed by atoms with Crippen molar-refractivity contribution < 1.29 is 14.3 Å². The molecule has 7 heteroatoms. The van der Waals surface area contributed by atoms with Gasteiger partial charge in [-0.3, -0.25) is 14.5 Å². The van der Waals surface area contributed by atoms with Gasteiger partial charge in [0.25, 0.3) is 5.91 Å². The molecule has 138 valence electrons. The first kappa shape index (κ1) is 17.0. The molecule has 2 aliphatic rings. The molecule has 4 rings (SSSR count). The van der Waals surface area contributed by atoms with Crippen molar-refractivity contribution in [3.8, 4) is 5.75 Å². The molecule has 0 bridgehead atoms. The molecule has 0 spiro atoms. The molecule has 0 aliphatic carbocycles. The molecule has 0 saturated carbocycles. The Morgan fingerprint density at radius 2 is 2.35 bits per heavy atom. The molecule has 0 unspecified atom stereocenters. The van der Waals surface area contributed by atoms with Crippen molar-refractivity contribution in [2.75, 3.05) is 19.7 Å². The molecule has 7 nitrogen and oxygen atoms in total. The monoisotopic (exact) mass is 356 g/mol. The lowest BCUT2D eigenvalue weighted by atomic mass is 9.89. The zero-order valence-corrected chi connectivity index (χ0v) is 15.2. The van der Waals surface area contributed by atoms with Gasteiger partial charge < -0.3 is 14.4 Å². The first-order chi connectivity index (χ1) is 12.5. The molecule has 0 radical (unpaired) electrons. The van der Waals surface area contributed by atoms with Crippen LogP contribution in [0.5, 0.6) is 5.75 Å². The number of piperidine rings is 1. The van der Waals surface area contributed by atoms with Crippen molar-refractivity contribution in [3.05, 3.63) is 42.5 Å². The molecule has 26 heavy (non-hydrogen) atoms. The van der Waals surface area contributed by atoms with E-state index in [0.717, 1.165) is 18.6 Å². The molecular formula is C19H24N4O3. The van der Waals surface area contributed by atoms with Crippen LogP contribution in [0, 0.1) is 5.92 Å². The van der Waals surface area contributed by atoms with Gasteiger partial charge in [0.05, 0.1) is 12.3 Å². The number of carbonyl (C=O) groups excluding carboxylic acids is 1. The third-order valence-electron chi connectivity index (χ3n) is 5.19. The fourth-order valence-electron chi connectivity index (χ4n) is 3.97. The first-order valence-electron chi connectivity index (χ1n) is 9.02. The van der Waals surface area contributed by atoms with E-state index >= 15 is 0 Å². The minimum Gasteiger partial charge on any atom is -0.489 e. The lowest BCUT2D eigenvalue weighted by Crippen LogP contribution is -2.44. The van der Waals surface area contributed by atoms with Crippen molar-refractivity contribution >= 4 is 5.91 Å². The minimum absolute atomic E-state index is 0.00395. The number of ether oxygens (including phenoxy) is 2. The van der Waals surface area contributed by atoms with Gasteiger partial charge >= 0.3 is 0 Å². The Morgan fingerprint density at radius 1 is 1.46 bits per heavy atom. The summed E-state index contributed by atoms with van der Waals surface area (Å²) in [5, 5.41) is 4.23. The zero-order valence-electron chi connectivity index (χ0n) is 15.2. The maximum atomic E-state index is 12.7. The van der Waals surface area contributed by atoms with Gasteiger partial charge in [0.2, 0.25) is 0 Å². The van der Waals surface area contributed by atoms with Gasteiger partial charge in [0.15, 0.2) is 0 Å². The third kappa shape index (κ3) is 3.44. The second kappa shape index (κ2) is 6.72.